The topological polar surface area (TPSA) is 87.8 Å². The maximum Gasteiger partial charge on any atom is 0.240 e. The third-order valence-corrected chi connectivity index (χ3v) is 4.57. The summed E-state index contributed by atoms with van der Waals surface area (Å²) in [4.78, 5) is 6.34. The highest BCUT2D eigenvalue weighted by Crippen LogP contribution is 2.09. The van der Waals surface area contributed by atoms with Gasteiger partial charge < -0.3 is 10.6 Å². The van der Waals surface area contributed by atoms with Crippen molar-refractivity contribution >= 4 is 40.0 Å². The molecular formula is C14H25IN4O2S. The van der Waals surface area contributed by atoms with Gasteiger partial charge >= 0.3 is 0 Å². The van der Waals surface area contributed by atoms with E-state index in [1.54, 1.807) is 24.3 Å². The van der Waals surface area contributed by atoms with Crippen LogP contribution in [0.2, 0.25) is 0 Å². The van der Waals surface area contributed by atoms with Crippen LogP contribution in [0.1, 0.15) is 19.4 Å². The Hall–Kier alpha value is -0.870. The van der Waals surface area contributed by atoms with Gasteiger partial charge in [-0.2, -0.15) is 0 Å². The van der Waals surface area contributed by atoms with Crippen LogP contribution >= 0.6 is 24.0 Å². The molecule has 126 valence electrons. The van der Waals surface area contributed by atoms with Crippen LogP contribution in [0.3, 0.4) is 0 Å². The number of guanidine groups is 1. The van der Waals surface area contributed by atoms with Crippen molar-refractivity contribution in [2.45, 2.75) is 25.7 Å². The van der Waals surface area contributed by atoms with E-state index in [4.69, 9.17) is 5.73 Å². The van der Waals surface area contributed by atoms with E-state index in [1.165, 1.54) is 0 Å². The molecule has 0 saturated heterocycles. The van der Waals surface area contributed by atoms with Gasteiger partial charge in [0.2, 0.25) is 10.0 Å². The molecular weight excluding hydrogens is 415 g/mol. The molecule has 0 bridgehead atoms. The third-order valence-electron chi connectivity index (χ3n) is 3.10. The number of hydrogen-bond acceptors (Lipinski definition) is 3. The molecule has 8 heteroatoms. The third kappa shape index (κ3) is 6.49. The predicted octanol–water partition coefficient (Wildman–Crippen LogP) is 1.55. The van der Waals surface area contributed by atoms with E-state index in [-0.39, 0.29) is 35.4 Å². The largest absolute Gasteiger partial charge is 0.370 e. The SMILES string of the molecule is CCN(CC)C(N)=NCCNS(=O)(=O)c1ccc(C)cc1.I. The number of rotatable bonds is 7. The first-order chi connectivity index (χ1) is 9.90. The smallest absolute Gasteiger partial charge is 0.240 e. The zero-order valence-corrected chi connectivity index (χ0v) is 16.4. The van der Waals surface area contributed by atoms with Crippen LogP contribution in [-0.2, 0) is 10.0 Å². The lowest BCUT2D eigenvalue weighted by molar-refractivity contribution is 0.458. The molecule has 0 radical (unpaired) electrons. The van der Waals surface area contributed by atoms with Crippen LogP contribution in [0.5, 0.6) is 0 Å². The monoisotopic (exact) mass is 440 g/mol. The summed E-state index contributed by atoms with van der Waals surface area (Å²) in [5.74, 6) is 0.439. The van der Waals surface area contributed by atoms with Gasteiger partial charge in [-0.1, -0.05) is 17.7 Å². The van der Waals surface area contributed by atoms with E-state index in [0.717, 1.165) is 18.7 Å². The van der Waals surface area contributed by atoms with Gasteiger partial charge in [0, 0.05) is 19.6 Å². The minimum Gasteiger partial charge on any atom is -0.370 e. The Kier molecular flexibility index (Phi) is 9.61. The van der Waals surface area contributed by atoms with Crippen LogP contribution in [0.4, 0.5) is 0 Å². The summed E-state index contributed by atoms with van der Waals surface area (Å²) in [6.07, 6.45) is 0. The molecule has 0 fully saturated rings. The predicted molar refractivity (Wildman–Crippen MR) is 101 cm³/mol. The minimum absolute atomic E-state index is 0. The number of sulfonamides is 1. The molecule has 1 aromatic carbocycles. The second-order valence-corrected chi connectivity index (χ2v) is 6.39. The molecule has 22 heavy (non-hydrogen) atoms. The Bertz CT molecular complexity index is 569. The number of nitrogens with two attached hydrogens (primary N) is 1. The highest BCUT2D eigenvalue weighted by Gasteiger charge is 2.12. The maximum absolute atomic E-state index is 12.0. The molecule has 0 atom stereocenters. The van der Waals surface area contributed by atoms with Gasteiger partial charge in [-0.05, 0) is 32.9 Å². The van der Waals surface area contributed by atoms with Crippen molar-refractivity contribution < 1.29 is 8.42 Å². The molecule has 1 aromatic rings. The zero-order valence-electron chi connectivity index (χ0n) is 13.2. The van der Waals surface area contributed by atoms with Gasteiger partial charge in [-0.25, -0.2) is 13.1 Å². The number of halogens is 1. The van der Waals surface area contributed by atoms with E-state index in [1.807, 2.05) is 25.7 Å². The molecule has 0 saturated carbocycles. The van der Waals surface area contributed by atoms with Crippen molar-refractivity contribution in [3.63, 3.8) is 0 Å². The lowest BCUT2D eigenvalue weighted by Gasteiger charge is -2.19. The quantitative estimate of drug-likeness (QED) is 0.292. The Balaban J connectivity index is 0.00000441. The number of benzene rings is 1. The van der Waals surface area contributed by atoms with Crippen molar-refractivity contribution in [1.82, 2.24) is 9.62 Å². The van der Waals surface area contributed by atoms with Crippen LogP contribution in [0, 0.1) is 6.92 Å². The molecule has 0 aromatic heterocycles. The number of aliphatic imine (C=N–C) groups is 1. The van der Waals surface area contributed by atoms with E-state index in [2.05, 4.69) is 9.71 Å². The fraction of sp³-hybridized carbons (Fsp3) is 0.500. The first-order valence-electron chi connectivity index (χ1n) is 7.02. The molecule has 0 amide bonds. The van der Waals surface area contributed by atoms with E-state index >= 15 is 0 Å². The Labute approximate surface area is 150 Å². The van der Waals surface area contributed by atoms with E-state index in [9.17, 15) is 8.42 Å². The second-order valence-electron chi connectivity index (χ2n) is 4.62. The molecule has 0 heterocycles. The molecule has 0 aliphatic rings. The fourth-order valence-electron chi connectivity index (χ4n) is 1.80. The number of aryl methyl sites for hydroxylation is 1. The lowest BCUT2D eigenvalue weighted by Crippen LogP contribution is -2.37. The van der Waals surface area contributed by atoms with Crippen LogP contribution in [-0.4, -0.2) is 45.5 Å². The van der Waals surface area contributed by atoms with Crippen LogP contribution in [0.25, 0.3) is 0 Å². The van der Waals surface area contributed by atoms with Crippen molar-refractivity contribution in [2.75, 3.05) is 26.2 Å². The summed E-state index contributed by atoms with van der Waals surface area (Å²) < 4.78 is 26.6. The maximum atomic E-state index is 12.0. The highest BCUT2D eigenvalue weighted by molar-refractivity contribution is 14.0. The Morgan fingerprint density at radius 3 is 2.27 bits per heavy atom. The first kappa shape index (κ1) is 21.1. The first-order valence-corrected chi connectivity index (χ1v) is 8.50. The minimum atomic E-state index is -3.48. The van der Waals surface area contributed by atoms with E-state index < -0.39 is 10.0 Å². The standard InChI is InChI=1S/C14H24N4O2S.HI/c1-4-18(5-2)14(15)16-10-11-17-21(19,20)13-8-6-12(3)7-9-13;/h6-9,17H,4-5,10-11H2,1-3H3,(H2,15,16);1H. The van der Waals surface area contributed by atoms with E-state index in [0.29, 0.717) is 12.5 Å². The summed E-state index contributed by atoms with van der Waals surface area (Å²) in [6, 6.07) is 6.71. The summed E-state index contributed by atoms with van der Waals surface area (Å²) in [5, 5.41) is 0. The van der Waals surface area contributed by atoms with Gasteiger partial charge in [0.15, 0.2) is 5.96 Å². The number of hydrogen-bond donors (Lipinski definition) is 2. The van der Waals surface area contributed by atoms with Gasteiger partial charge in [0.05, 0.1) is 11.4 Å². The summed E-state index contributed by atoms with van der Waals surface area (Å²) in [6.45, 7) is 7.99. The van der Waals surface area contributed by atoms with Crippen molar-refractivity contribution in [1.29, 1.82) is 0 Å². The van der Waals surface area contributed by atoms with Gasteiger partial charge in [-0.15, -0.1) is 24.0 Å². The van der Waals surface area contributed by atoms with Crippen LogP contribution in [0.15, 0.2) is 34.2 Å². The molecule has 6 nitrogen and oxygen atoms in total. The van der Waals surface area contributed by atoms with Gasteiger partial charge in [-0.3, -0.25) is 4.99 Å². The highest BCUT2D eigenvalue weighted by atomic mass is 127. The average molecular weight is 440 g/mol. The Morgan fingerprint density at radius 1 is 1.23 bits per heavy atom. The number of nitrogens with zero attached hydrogens (tertiary/aromatic N) is 2. The van der Waals surface area contributed by atoms with Crippen molar-refractivity contribution in [2.24, 2.45) is 10.7 Å². The molecule has 0 spiro atoms. The number of nitrogens with one attached hydrogen (secondary N) is 1. The Morgan fingerprint density at radius 2 is 1.77 bits per heavy atom. The average Bonchev–Trinajstić information content (AvgIpc) is 2.45. The summed E-state index contributed by atoms with van der Waals surface area (Å²) in [5.41, 5.74) is 6.83. The normalized spacial score (nSPS) is 11.9. The molecule has 0 aliphatic carbocycles. The van der Waals surface area contributed by atoms with Gasteiger partial charge in [0.1, 0.15) is 0 Å². The van der Waals surface area contributed by atoms with Crippen molar-refractivity contribution in [3.05, 3.63) is 29.8 Å². The molecule has 0 aliphatic heterocycles. The molecule has 0 unspecified atom stereocenters. The second kappa shape index (κ2) is 10.0. The van der Waals surface area contributed by atoms with Crippen molar-refractivity contribution in [3.8, 4) is 0 Å². The molecule has 3 N–H and O–H groups in total. The summed E-state index contributed by atoms with van der Waals surface area (Å²) >= 11 is 0. The lowest BCUT2D eigenvalue weighted by atomic mass is 10.2. The van der Waals surface area contributed by atoms with Gasteiger partial charge in [0.25, 0.3) is 0 Å². The fourth-order valence-corrected chi connectivity index (χ4v) is 2.82. The van der Waals surface area contributed by atoms with Crippen LogP contribution < -0.4 is 10.5 Å². The summed E-state index contributed by atoms with van der Waals surface area (Å²) in [7, 11) is -3.48. The zero-order chi connectivity index (χ0) is 15.9. The molecule has 1 rings (SSSR count).